The van der Waals surface area contributed by atoms with Gasteiger partial charge in [0.1, 0.15) is 0 Å². The molecule has 0 fully saturated rings. The molecule has 0 aliphatic rings. The van der Waals surface area contributed by atoms with Crippen molar-refractivity contribution in [3.05, 3.63) is 0 Å². The second-order valence-corrected chi connectivity index (χ2v) is 3.84. The molecule has 1 atom stereocenters. The number of rotatable bonds is 5. The zero-order valence-electron chi connectivity index (χ0n) is 8.13. The molecule has 68 valence electrons. The van der Waals surface area contributed by atoms with Crippen LogP contribution >= 0.6 is 0 Å². The fourth-order valence-corrected chi connectivity index (χ4v) is 0.632. The van der Waals surface area contributed by atoms with Crippen LogP contribution in [0.3, 0.4) is 0 Å². The van der Waals surface area contributed by atoms with Crippen molar-refractivity contribution in [2.24, 2.45) is 17.6 Å². The summed E-state index contributed by atoms with van der Waals surface area (Å²) in [6.45, 7) is 10.0. The van der Waals surface area contributed by atoms with E-state index < -0.39 is 0 Å². The minimum absolute atomic E-state index is 0.189. The molecule has 2 heteroatoms. The number of hydrogen-bond donors (Lipinski definition) is 1. The lowest BCUT2D eigenvalue weighted by Gasteiger charge is -2.16. The summed E-state index contributed by atoms with van der Waals surface area (Å²) in [7, 11) is 0. The quantitative estimate of drug-likeness (QED) is 0.662. The molecule has 0 aliphatic heterocycles. The van der Waals surface area contributed by atoms with Gasteiger partial charge in [0.2, 0.25) is 0 Å². The minimum Gasteiger partial charge on any atom is -0.380 e. The van der Waals surface area contributed by atoms with Crippen LogP contribution < -0.4 is 5.73 Å². The zero-order valence-corrected chi connectivity index (χ0v) is 8.13. The highest BCUT2D eigenvalue weighted by atomic mass is 16.5. The second-order valence-electron chi connectivity index (χ2n) is 3.84. The van der Waals surface area contributed by atoms with E-state index in [0.29, 0.717) is 18.4 Å². The van der Waals surface area contributed by atoms with Crippen LogP contribution in [0.5, 0.6) is 0 Å². The first-order chi connectivity index (χ1) is 5.04. The van der Waals surface area contributed by atoms with Gasteiger partial charge >= 0.3 is 0 Å². The first-order valence-corrected chi connectivity index (χ1v) is 4.37. The molecule has 0 aromatic rings. The Morgan fingerprint density at radius 1 is 1.09 bits per heavy atom. The normalized spacial score (nSPS) is 14.5. The number of ether oxygens (including phenoxy) is 1. The smallest absolute Gasteiger partial charge is 0.0620 e. The lowest BCUT2D eigenvalue weighted by Crippen LogP contribution is -2.32. The third kappa shape index (κ3) is 6.32. The first kappa shape index (κ1) is 10.9. The Kier molecular flexibility index (Phi) is 5.51. The summed E-state index contributed by atoms with van der Waals surface area (Å²) >= 11 is 0. The molecule has 0 unspecified atom stereocenters. The first-order valence-electron chi connectivity index (χ1n) is 4.37. The van der Waals surface area contributed by atoms with Crippen LogP contribution in [0.25, 0.3) is 0 Å². The van der Waals surface area contributed by atoms with Gasteiger partial charge in [0.15, 0.2) is 0 Å². The van der Waals surface area contributed by atoms with Crippen molar-refractivity contribution < 1.29 is 4.74 Å². The summed E-state index contributed by atoms with van der Waals surface area (Å²) in [5, 5.41) is 0. The highest BCUT2D eigenvalue weighted by Gasteiger charge is 2.07. The van der Waals surface area contributed by atoms with Crippen LogP contribution in [-0.2, 0) is 4.74 Å². The van der Waals surface area contributed by atoms with E-state index in [1.165, 1.54) is 0 Å². The Bertz CT molecular complexity index is 91.6. The maximum Gasteiger partial charge on any atom is 0.0620 e. The molecule has 0 saturated carbocycles. The fraction of sp³-hybridized carbons (Fsp3) is 1.00. The van der Waals surface area contributed by atoms with Gasteiger partial charge in [-0.2, -0.15) is 0 Å². The molecule has 0 amide bonds. The zero-order chi connectivity index (χ0) is 8.85. The molecule has 0 bridgehead atoms. The lowest BCUT2D eigenvalue weighted by atomic mass is 10.1. The molecule has 0 spiro atoms. The summed E-state index contributed by atoms with van der Waals surface area (Å²) in [6, 6.07) is 0.189. The van der Waals surface area contributed by atoms with Crippen molar-refractivity contribution in [3.8, 4) is 0 Å². The van der Waals surface area contributed by atoms with Crippen LogP contribution in [0.4, 0.5) is 0 Å². The molecule has 2 N–H and O–H groups in total. The van der Waals surface area contributed by atoms with Gasteiger partial charge in [-0.15, -0.1) is 0 Å². The van der Waals surface area contributed by atoms with Crippen molar-refractivity contribution in [2.45, 2.75) is 33.7 Å². The largest absolute Gasteiger partial charge is 0.380 e. The molecular weight excluding hydrogens is 138 g/mol. The third-order valence-corrected chi connectivity index (χ3v) is 1.62. The van der Waals surface area contributed by atoms with Crippen molar-refractivity contribution in [2.75, 3.05) is 13.2 Å². The highest BCUT2D eigenvalue weighted by Crippen LogP contribution is 2.00. The number of hydrogen-bond acceptors (Lipinski definition) is 2. The van der Waals surface area contributed by atoms with Gasteiger partial charge in [-0.25, -0.2) is 0 Å². The average Bonchev–Trinajstić information content (AvgIpc) is 1.86. The summed E-state index contributed by atoms with van der Waals surface area (Å²) in [6.07, 6.45) is 0. The molecule has 0 saturated heterocycles. The number of nitrogens with two attached hydrogens (primary N) is 1. The molecule has 11 heavy (non-hydrogen) atoms. The lowest BCUT2D eigenvalue weighted by molar-refractivity contribution is 0.0891. The molecular formula is C9H21NO. The predicted molar refractivity (Wildman–Crippen MR) is 48.5 cm³/mol. The van der Waals surface area contributed by atoms with Gasteiger partial charge in [0.25, 0.3) is 0 Å². The van der Waals surface area contributed by atoms with E-state index in [0.717, 1.165) is 6.61 Å². The van der Waals surface area contributed by atoms with E-state index in [-0.39, 0.29) is 6.04 Å². The maximum absolute atomic E-state index is 5.78. The van der Waals surface area contributed by atoms with Gasteiger partial charge in [0.05, 0.1) is 6.61 Å². The van der Waals surface area contributed by atoms with Gasteiger partial charge in [-0.05, 0) is 11.8 Å². The van der Waals surface area contributed by atoms with Crippen LogP contribution in [0.1, 0.15) is 27.7 Å². The van der Waals surface area contributed by atoms with Crippen molar-refractivity contribution in [1.82, 2.24) is 0 Å². The fourth-order valence-electron chi connectivity index (χ4n) is 0.632. The average molecular weight is 159 g/mol. The SMILES string of the molecule is CC(C)COC[C@H](N)C(C)C. The van der Waals surface area contributed by atoms with Crippen LogP contribution in [0, 0.1) is 11.8 Å². The highest BCUT2D eigenvalue weighted by molar-refractivity contribution is 4.63. The van der Waals surface area contributed by atoms with E-state index in [2.05, 4.69) is 27.7 Å². The van der Waals surface area contributed by atoms with E-state index >= 15 is 0 Å². The van der Waals surface area contributed by atoms with Crippen molar-refractivity contribution >= 4 is 0 Å². The third-order valence-electron chi connectivity index (χ3n) is 1.62. The van der Waals surface area contributed by atoms with Gasteiger partial charge in [-0.1, -0.05) is 27.7 Å². The van der Waals surface area contributed by atoms with Gasteiger partial charge < -0.3 is 10.5 Å². The molecule has 0 rings (SSSR count). The summed E-state index contributed by atoms with van der Waals surface area (Å²) in [5.74, 6) is 1.12. The Morgan fingerprint density at radius 3 is 2.00 bits per heavy atom. The topological polar surface area (TPSA) is 35.2 Å². The van der Waals surface area contributed by atoms with Crippen LogP contribution in [0.15, 0.2) is 0 Å². The minimum atomic E-state index is 0.189. The Hall–Kier alpha value is -0.0800. The maximum atomic E-state index is 5.78. The second kappa shape index (κ2) is 5.56. The van der Waals surface area contributed by atoms with Crippen LogP contribution in [0.2, 0.25) is 0 Å². The summed E-state index contributed by atoms with van der Waals surface area (Å²) in [5.41, 5.74) is 5.78. The standard InChI is InChI=1S/C9H21NO/c1-7(2)5-11-6-9(10)8(3)4/h7-9H,5-6,10H2,1-4H3/t9-/m0/s1. The summed E-state index contributed by atoms with van der Waals surface area (Å²) in [4.78, 5) is 0. The molecule has 0 heterocycles. The predicted octanol–water partition coefficient (Wildman–Crippen LogP) is 1.64. The van der Waals surface area contributed by atoms with Crippen molar-refractivity contribution in [3.63, 3.8) is 0 Å². The van der Waals surface area contributed by atoms with Crippen LogP contribution in [-0.4, -0.2) is 19.3 Å². The van der Waals surface area contributed by atoms with E-state index in [9.17, 15) is 0 Å². The van der Waals surface area contributed by atoms with E-state index in [1.807, 2.05) is 0 Å². The summed E-state index contributed by atoms with van der Waals surface area (Å²) < 4.78 is 5.39. The Morgan fingerprint density at radius 2 is 1.64 bits per heavy atom. The van der Waals surface area contributed by atoms with E-state index in [1.54, 1.807) is 0 Å². The van der Waals surface area contributed by atoms with Gasteiger partial charge in [0, 0.05) is 12.6 Å². The van der Waals surface area contributed by atoms with E-state index in [4.69, 9.17) is 10.5 Å². The Labute approximate surface area is 70.1 Å². The monoisotopic (exact) mass is 159 g/mol. The molecule has 2 nitrogen and oxygen atoms in total. The molecule has 0 aliphatic carbocycles. The van der Waals surface area contributed by atoms with Gasteiger partial charge in [-0.3, -0.25) is 0 Å². The molecule has 0 aromatic heterocycles. The Balaban J connectivity index is 3.24. The van der Waals surface area contributed by atoms with Crippen molar-refractivity contribution in [1.29, 1.82) is 0 Å². The molecule has 0 aromatic carbocycles. The molecule has 0 radical (unpaired) electrons.